The Balaban J connectivity index is 2.13. The van der Waals surface area contributed by atoms with E-state index >= 15 is 0 Å². The van der Waals surface area contributed by atoms with Crippen LogP contribution in [0.4, 0.5) is 5.69 Å². The second-order valence-corrected chi connectivity index (χ2v) is 5.46. The number of nitrogens with one attached hydrogen (secondary N) is 1. The Morgan fingerprint density at radius 2 is 2.15 bits per heavy atom. The number of rotatable bonds is 4. The maximum absolute atomic E-state index is 11.4. The molecule has 5 nitrogen and oxygen atoms in total. The van der Waals surface area contributed by atoms with Gasteiger partial charge in [-0.25, -0.2) is 5.84 Å². The van der Waals surface area contributed by atoms with Crippen molar-refractivity contribution in [3.05, 3.63) is 46.9 Å². The number of hydrogen-bond donors (Lipinski definition) is 3. The van der Waals surface area contributed by atoms with E-state index in [-0.39, 0.29) is 5.76 Å². The summed E-state index contributed by atoms with van der Waals surface area (Å²) >= 11 is 1.61. The Bertz CT molecular complexity index is 637. The van der Waals surface area contributed by atoms with Crippen LogP contribution < -0.4 is 17.0 Å². The average molecular weight is 291 g/mol. The van der Waals surface area contributed by atoms with Gasteiger partial charge in [-0.1, -0.05) is 12.1 Å². The second kappa shape index (κ2) is 6.02. The minimum Gasteiger partial charge on any atom is -0.456 e. The number of hydrogen-bond acceptors (Lipinski definition) is 5. The molecule has 0 aliphatic carbocycles. The van der Waals surface area contributed by atoms with E-state index in [9.17, 15) is 4.79 Å². The monoisotopic (exact) mass is 291 g/mol. The number of carbonyl (C=O) groups excluding carboxylic acids is 1. The number of para-hydroxylation sites is 1. The lowest BCUT2D eigenvalue weighted by Crippen LogP contribution is -2.29. The number of thioether (sulfide) groups is 1. The van der Waals surface area contributed by atoms with E-state index in [0.29, 0.717) is 11.5 Å². The van der Waals surface area contributed by atoms with Crippen molar-refractivity contribution in [1.29, 1.82) is 0 Å². The van der Waals surface area contributed by atoms with E-state index in [2.05, 4.69) is 5.43 Å². The summed E-state index contributed by atoms with van der Waals surface area (Å²) in [5, 5.41) is 0. The van der Waals surface area contributed by atoms with Crippen LogP contribution in [0.5, 0.6) is 0 Å². The van der Waals surface area contributed by atoms with Crippen molar-refractivity contribution in [3.8, 4) is 0 Å². The van der Waals surface area contributed by atoms with Crippen molar-refractivity contribution in [1.82, 2.24) is 5.43 Å². The molecule has 2 rings (SSSR count). The third-order valence-corrected chi connectivity index (χ3v) is 4.17. The molecule has 0 fully saturated rings. The van der Waals surface area contributed by atoms with Gasteiger partial charge in [0.1, 0.15) is 5.76 Å². The zero-order valence-electron chi connectivity index (χ0n) is 11.4. The zero-order valence-corrected chi connectivity index (χ0v) is 12.2. The van der Waals surface area contributed by atoms with Gasteiger partial charge < -0.3 is 10.2 Å². The van der Waals surface area contributed by atoms with Crippen LogP contribution >= 0.6 is 11.8 Å². The molecule has 1 amide bonds. The van der Waals surface area contributed by atoms with Crippen molar-refractivity contribution in [3.63, 3.8) is 0 Å². The molecule has 2 aromatic rings. The fourth-order valence-electron chi connectivity index (χ4n) is 1.78. The minimum absolute atomic E-state index is 0.220. The molecular weight excluding hydrogens is 274 g/mol. The number of furan rings is 1. The Hall–Kier alpha value is -1.92. The largest absolute Gasteiger partial charge is 0.456 e. The van der Waals surface area contributed by atoms with E-state index in [4.69, 9.17) is 16.0 Å². The van der Waals surface area contributed by atoms with Crippen LogP contribution in [-0.2, 0) is 5.75 Å². The summed E-state index contributed by atoms with van der Waals surface area (Å²) in [6.45, 7) is 3.80. The van der Waals surface area contributed by atoms with Gasteiger partial charge in [-0.3, -0.25) is 10.2 Å². The van der Waals surface area contributed by atoms with Gasteiger partial charge in [0.25, 0.3) is 0 Å². The van der Waals surface area contributed by atoms with Crippen molar-refractivity contribution in [2.75, 3.05) is 5.73 Å². The predicted octanol–water partition coefficient (Wildman–Crippen LogP) is 2.37. The summed E-state index contributed by atoms with van der Waals surface area (Å²) in [4.78, 5) is 12.4. The third-order valence-electron chi connectivity index (χ3n) is 3.04. The summed E-state index contributed by atoms with van der Waals surface area (Å²) in [7, 11) is 0. The summed E-state index contributed by atoms with van der Waals surface area (Å²) < 4.78 is 5.37. The molecule has 0 bridgehead atoms. The van der Waals surface area contributed by atoms with Gasteiger partial charge in [-0.15, -0.1) is 11.8 Å². The number of anilines is 1. The highest BCUT2D eigenvalue weighted by molar-refractivity contribution is 7.98. The molecule has 1 heterocycles. The number of hydrazine groups is 1. The normalized spacial score (nSPS) is 10.6. The Morgan fingerprint density at radius 1 is 1.40 bits per heavy atom. The molecule has 6 heteroatoms. The van der Waals surface area contributed by atoms with E-state index in [1.165, 1.54) is 0 Å². The van der Waals surface area contributed by atoms with Crippen LogP contribution in [0.25, 0.3) is 0 Å². The van der Waals surface area contributed by atoms with E-state index in [1.807, 2.05) is 32.0 Å². The molecule has 20 heavy (non-hydrogen) atoms. The van der Waals surface area contributed by atoms with Crippen molar-refractivity contribution in [2.45, 2.75) is 24.5 Å². The molecule has 0 saturated carbocycles. The zero-order chi connectivity index (χ0) is 14.7. The number of amides is 1. The fraction of sp³-hybridized carbons (Fsp3) is 0.214. The lowest BCUT2D eigenvalue weighted by molar-refractivity contribution is 0.0924. The molecule has 0 aliphatic heterocycles. The summed E-state index contributed by atoms with van der Waals surface area (Å²) in [6, 6.07) is 7.64. The van der Waals surface area contributed by atoms with Crippen LogP contribution in [0.2, 0.25) is 0 Å². The number of nitrogens with two attached hydrogens (primary N) is 2. The predicted molar refractivity (Wildman–Crippen MR) is 80.3 cm³/mol. The van der Waals surface area contributed by atoms with E-state index < -0.39 is 5.91 Å². The first kappa shape index (κ1) is 14.5. The average Bonchev–Trinajstić information content (AvgIpc) is 2.81. The molecule has 1 aromatic carbocycles. The number of nitrogen functional groups attached to an aromatic ring is 2. The Morgan fingerprint density at radius 3 is 2.85 bits per heavy atom. The molecule has 0 aliphatic rings. The molecule has 0 spiro atoms. The van der Waals surface area contributed by atoms with Gasteiger partial charge >= 0.3 is 5.91 Å². The Kier molecular flexibility index (Phi) is 4.36. The molecule has 0 atom stereocenters. The highest BCUT2D eigenvalue weighted by atomic mass is 32.2. The maximum Gasteiger partial charge on any atom is 0.300 e. The van der Waals surface area contributed by atoms with Crippen LogP contribution in [0, 0.1) is 13.8 Å². The maximum atomic E-state index is 11.4. The van der Waals surface area contributed by atoms with E-state index in [0.717, 1.165) is 21.7 Å². The standard InChI is InChI=1S/C14H17N3O2S/c1-8-4-3-5-12(13(8)15)20-7-10-6-11(14(18)17-16)19-9(10)2/h3-6H,7,15-16H2,1-2H3,(H,17,18). The van der Waals surface area contributed by atoms with Gasteiger partial charge in [-0.2, -0.15) is 0 Å². The molecule has 1 aromatic heterocycles. The molecular formula is C14H17N3O2S. The summed E-state index contributed by atoms with van der Waals surface area (Å²) in [5.41, 5.74) is 10.9. The van der Waals surface area contributed by atoms with Gasteiger partial charge in [0, 0.05) is 21.9 Å². The lowest BCUT2D eigenvalue weighted by Gasteiger charge is -2.07. The minimum atomic E-state index is -0.431. The first-order chi connectivity index (χ1) is 9.52. The van der Waals surface area contributed by atoms with Crippen LogP contribution in [0.1, 0.15) is 27.4 Å². The third kappa shape index (κ3) is 2.97. The van der Waals surface area contributed by atoms with Gasteiger partial charge in [0.05, 0.1) is 0 Å². The van der Waals surface area contributed by atoms with Gasteiger partial charge in [0.15, 0.2) is 5.76 Å². The highest BCUT2D eigenvalue weighted by Gasteiger charge is 2.14. The molecule has 5 N–H and O–H groups in total. The first-order valence-corrected chi connectivity index (χ1v) is 7.09. The number of benzene rings is 1. The van der Waals surface area contributed by atoms with Crippen LogP contribution in [0.3, 0.4) is 0 Å². The van der Waals surface area contributed by atoms with E-state index in [1.54, 1.807) is 17.8 Å². The van der Waals surface area contributed by atoms with Crippen molar-refractivity contribution >= 4 is 23.4 Å². The smallest absolute Gasteiger partial charge is 0.300 e. The van der Waals surface area contributed by atoms with Crippen molar-refractivity contribution < 1.29 is 9.21 Å². The summed E-state index contributed by atoms with van der Waals surface area (Å²) in [6.07, 6.45) is 0. The Labute approximate surface area is 121 Å². The molecule has 106 valence electrons. The summed E-state index contributed by atoms with van der Waals surface area (Å²) in [5.74, 6) is 6.26. The number of aryl methyl sites for hydroxylation is 2. The quantitative estimate of drug-likeness (QED) is 0.264. The van der Waals surface area contributed by atoms with Gasteiger partial charge in [-0.05, 0) is 31.5 Å². The van der Waals surface area contributed by atoms with Gasteiger partial charge in [0.2, 0.25) is 0 Å². The fourth-order valence-corrected chi connectivity index (χ4v) is 2.87. The number of carbonyl (C=O) groups is 1. The second-order valence-electron chi connectivity index (χ2n) is 4.44. The molecule has 0 unspecified atom stereocenters. The first-order valence-electron chi connectivity index (χ1n) is 6.11. The van der Waals surface area contributed by atoms with Crippen molar-refractivity contribution in [2.24, 2.45) is 5.84 Å². The topological polar surface area (TPSA) is 94.3 Å². The lowest BCUT2D eigenvalue weighted by atomic mass is 10.2. The molecule has 0 saturated heterocycles. The molecule has 0 radical (unpaired) electrons. The SMILES string of the molecule is Cc1cccc(SCc2cc(C(=O)NN)oc2C)c1N. The highest BCUT2D eigenvalue weighted by Crippen LogP contribution is 2.31. The van der Waals surface area contributed by atoms with Crippen LogP contribution in [0.15, 0.2) is 33.6 Å². The van der Waals surface area contributed by atoms with Crippen LogP contribution in [-0.4, -0.2) is 5.91 Å².